The Morgan fingerprint density at radius 2 is 1.29 bits per heavy atom. The van der Waals surface area contributed by atoms with E-state index in [4.69, 9.17) is 14.6 Å². The number of H-pyrrole nitrogens is 2. The molecule has 4 heterocycles. The zero-order valence-corrected chi connectivity index (χ0v) is 20.6. The Morgan fingerprint density at radius 1 is 0.789 bits per heavy atom. The van der Waals surface area contributed by atoms with Crippen LogP contribution in [0.2, 0.25) is 0 Å². The third-order valence-corrected chi connectivity index (χ3v) is 5.17. The van der Waals surface area contributed by atoms with Crippen molar-refractivity contribution in [2.24, 2.45) is 14.1 Å². The molecule has 17 nitrogen and oxygen atoms in total. The summed E-state index contributed by atoms with van der Waals surface area (Å²) in [5.74, 6) is -1.80. The minimum absolute atomic E-state index is 0.220. The zero-order chi connectivity index (χ0) is 29.1. The van der Waals surface area contributed by atoms with Gasteiger partial charge in [0.05, 0.1) is 9.85 Å². The Kier molecular flexibility index (Phi) is 8.37. The molecular weight excluding hydrogens is 512 g/mol. The molecule has 0 bridgehead atoms. The Hall–Kier alpha value is -5.48. The maximum absolute atomic E-state index is 11.5. The molecule has 0 aliphatic carbocycles. The minimum atomic E-state index is -0.923. The number of fused-ring (bicyclic) bond motifs is 1. The van der Waals surface area contributed by atoms with Gasteiger partial charge >= 0.3 is 28.2 Å². The summed E-state index contributed by atoms with van der Waals surface area (Å²) in [6, 6.07) is 3.95. The molecule has 0 atom stereocenters. The molecule has 17 heteroatoms. The second-order valence-corrected chi connectivity index (χ2v) is 7.82. The summed E-state index contributed by atoms with van der Waals surface area (Å²) in [6.07, 6.45) is 0. The first kappa shape index (κ1) is 28.8. The number of hydrogen-bond donors (Lipinski definition) is 4. The number of aryl methyl sites for hydroxylation is 3. The van der Waals surface area contributed by atoms with Crippen LogP contribution in [0, 0.1) is 41.0 Å². The molecule has 4 N–H and O–H groups in total. The first-order chi connectivity index (χ1) is 17.6. The maximum atomic E-state index is 11.5. The van der Waals surface area contributed by atoms with E-state index in [1.807, 2.05) is 0 Å². The quantitative estimate of drug-likeness (QED) is 0.206. The summed E-state index contributed by atoms with van der Waals surface area (Å²) < 4.78 is 7.32. The molecule has 0 aliphatic rings. The summed E-state index contributed by atoms with van der Waals surface area (Å²) in [7, 11) is 3.05. The smallest absolute Gasteiger partial charge is 0.417 e. The predicted octanol–water partition coefficient (Wildman–Crippen LogP) is 0.733. The van der Waals surface area contributed by atoms with Gasteiger partial charge in [0.15, 0.2) is 11.1 Å². The van der Waals surface area contributed by atoms with Crippen LogP contribution in [0.1, 0.15) is 17.1 Å². The minimum Gasteiger partial charge on any atom is -0.502 e. The molecule has 0 saturated carbocycles. The molecule has 0 amide bonds. The summed E-state index contributed by atoms with van der Waals surface area (Å²) in [5, 5.41) is 38.6. The molecular formula is C21H22N6O11. The average Bonchev–Trinajstić information content (AvgIpc) is 3.16. The van der Waals surface area contributed by atoms with Gasteiger partial charge < -0.3 is 28.7 Å². The van der Waals surface area contributed by atoms with E-state index in [9.17, 15) is 39.4 Å². The lowest BCUT2D eigenvalue weighted by atomic mass is 10.3. The molecule has 4 aromatic rings. The molecule has 0 spiro atoms. The third-order valence-electron chi connectivity index (χ3n) is 5.17. The van der Waals surface area contributed by atoms with Gasteiger partial charge in [0.25, 0.3) is 5.56 Å². The molecule has 0 aromatic carbocycles. The fourth-order valence-corrected chi connectivity index (χ4v) is 3.02. The number of nitro groups is 2. The van der Waals surface area contributed by atoms with Gasteiger partial charge in [-0.3, -0.25) is 39.6 Å². The number of nitrogens with zero attached hydrogens (tertiary/aromatic N) is 4. The lowest BCUT2D eigenvalue weighted by molar-refractivity contribution is -0.387. The van der Waals surface area contributed by atoms with E-state index in [0.29, 0.717) is 17.0 Å². The van der Waals surface area contributed by atoms with E-state index < -0.39 is 49.6 Å². The first-order valence-corrected chi connectivity index (χ1v) is 10.4. The highest BCUT2D eigenvalue weighted by atomic mass is 16.6. The molecule has 0 saturated heterocycles. The Labute approximate surface area is 210 Å². The molecule has 0 fully saturated rings. The topological polar surface area (TPSA) is 250 Å². The van der Waals surface area contributed by atoms with E-state index in [2.05, 4.69) is 9.97 Å². The van der Waals surface area contributed by atoms with Crippen molar-refractivity contribution in [3.05, 3.63) is 97.1 Å². The van der Waals surface area contributed by atoms with E-state index >= 15 is 0 Å². The van der Waals surface area contributed by atoms with Crippen LogP contribution in [0.3, 0.4) is 0 Å². The standard InChI is InChI=1S/C8H8N2O3.C7H8N2O4.C6H6N2O4/c1-4-3-5-6(7(11)10(4)2)9-8(12)13-5;1-4-3-5(10)6(9(12)13)7(11)8(4)2;1-3-2-4(9)5(8(11)12)6(10)7-3/h3H,1-2H3,(H,9,12);3,10H,1-2H3;2H,1H3,(H2,7,9,10). The van der Waals surface area contributed by atoms with Crippen molar-refractivity contribution < 1.29 is 24.5 Å². The highest BCUT2D eigenvalue weighted by molar-refractivity contribution is 5.71. The van der Waals surface area contributed by atoms with Gasteiger partial charge in [0, 0.05) is 49.4 Å². The highest BCUT2D eigenvalue weighted by Gasteiger charge is 2.21. The first-order valence-electron chi connectivity index (χ1n) is 10.4. The second-order valence-electron chi connectivity index (χ2n) is 7.82. The van der Waals surface area contributed by atoms with Gasteiger partial charge in [-0.25, -0.2) is 4.79 Å². The second kappa shape index (κ2) is 11.1. The van der Waals surface area contributed by atoms with Crippen molar-refractivity contribution in [3.63, 3.8) is 0 Å². The highest BCUT2D eigenvalue weighted by Crippen LogP contribution is 2.21. The molecule has 38 heavy (non-hydrogen) atoms. The third kappa shape index (κ3) is 6.01. The SMILES string of the molecule is Cc1cc(O)c([N+](=O)[O-])c(=O)[nH]1.Cc1cc(O)c([N+](=O)[O-])c(=O)n1C.Cc1cc2oc(=O)[nH]c2c(=O)n1C. The van der Waals surface area contributed by atoms with Crippen molar-refractivity contribution in [2.45, 2.75) is 20.8 Å². The van der Waals surface area contributed by atoms with Crippen LogP contribution in [0.4, 0.5) is 11.4 Å². The number of hydrogen-bond acceptors (Lipinski definition) is 11. The van der Waals surface area contributed by atoms with Gasteiger partial charge in [0.1, 0.15) is 0 Å². The van der Waals surface area contributed by atoms with E-state index in [1.54, 1.807) is 27.0 Å². The van der Waals surface area contributed by atoms with Crippen LogP contribution in [-0.4, -0.2) is 39.2 Å². The largest absolute Gasteiger partial charge is 0.502 e. The number of oxazole rings is 1. The summed E-state index contributed by atoms with van der Waals surface area (Å²) in [5.41, 5.74) is -1.42. The van der Waals surface area contributed by atoms with Crippen LogP contribution >= 0.6 is 0 Å². The van der Waals surface area contributed by atoms with Crippen molar-refractivity contribution >= 4 is 22.5 Å². The maximum Gasteiger partial charge on any atom is 0.417 e. The predicted molar refractivity (Wildman–Crippen MR) is 132 cm³/mol. The fourth-order valence-electron chi connectivity index (χ4n) is 3.02. The lowest BCUT2D eigenvalue weighted by Gasteiger charge is -2.03. The monoisotopic (exact) mass is 534 g/mol. The van der Waals surface area contributed by atoms with E-state index in [1.165, 1.54) is 24.6 Å². The van der Waals surface area contributed by atoms with Crippen LogP contribution in [0.25, 0.3) is 11.1 Å². The Balaban J connectivity index is 0.000000200. The number of aromatic hydroxyl groups is 2. The van der Waals surface area contributed by atoms with Crippen LogP contribution in [-0.2, 0) is 14.1 Å². The fraction of sp³-hybridized carbons (Fsp3) is 0.238. The van der Waals surface area contributed by atoms with Gasteiger partial charge in [-0.15, -0.1) is 0 Å². The Morgan fingerprint density at radius 3 is 1.82 bits per heavy atom. The zero-order valence-electron chi connectivity index (χ0n) is 20.6. The lowest BCUT2D eigenvalue weighted by Crippen LogP contribution is -2.21. The van der Waals surface area contributed by atoms with Crippen molar-refractivity contribution in [1.82, 2.24) is 19.1 Å². The number of nitrogens with one attached hydrogen (secondary N) is 2. The molecule has 0 radical (unpaired) electrons. The average molecular weight is 534 g/mol. The summed E-state index contributed by atoms with van der Waals surface area (Å²) >= 11 is 0. The summed E-state index contributed by atoms with van der Waals surface area (Å²) in [4.78, 5) is 67.6. The number of rotatable bonds is 2. The molecule has 0 unspecified atom stereocenters. The molecule has 4 rings (SSSR count). The van der Waals surface area contributed by atoms with Crippen LogP contribution in [0.15, 0.2) is 41.8 Å². The van der Waals surface area contributed by atoms with Crippen LogP contribution in [0.5, 0.6) is 11.5 Å². The molecule has 202 valence electrons. The van der Waals surface area contributed by atoms with Crippen molar-refractivity contribution in [2.75, 3.05) is 0 Å². The number of pyridine rings is 3. The van der Waals surface area contributed by atoms with Gasteiger partial charge in [-0.05, 0) is 20.8 Å². The molecule has 0 aliphatic heterocycles. The van der Waals surface area contributed by atoms with Gasteiger partial charge in [-0.2, -0.15) is 0 Å². The number of aromatic nitrogens is 4. The number of aromatic amines is 2. The molecule has 4 aromatic heterocycles. The van der Waals surface area contributed by atoms with Gasteiger partial charge in [-0.1, -0.05) is 0 Å². The van der Waals surface area contributed by atoms with Crippen molar-refractivity contribution in [3.8, 4) is 11.5 Å². The van der Waals surface area contributed by atoms with E-state index in [-0.39, 0.29) is 11.1 Å². The Bertz CT molecular complexity index is 1790. The normalized spacial score (nSPS) is 10.2. The van der Waals surface area contributed by atoms with Crippen molar-refractivity contribution in [1.29, 1.82) is 0 Å². The van der Waals surface area contributed by atoms with Gasteiger partial charge in [0.2, 0.25) is 11.5 Å². The van der Waals surface area contributed by atoms with E-state index in [0.717, 1.165) is 16.3 Å². The van der Waals surface area contributed by atoms with Crippen LogP contribution < -0.4 is 22.4 Å². The summed E-state index contributed by atoms with van der Waals surface area (Å²) in [6.45, 7) is 4.86.